The maximum Gasteiger partial charge on any atom is 0.343 e. The highest BCUT2D eigenvalue weighted by Crippen LogP contribution is 2.16. The van der Waals surface area contributed by atoms with Crippen molar-refractivity contribution in [2.24, 2.45) is 0 Å². The second-order valence-electron chi connectivity index (χ2n) is 5.77. The van der Waals surface area contributed by atoms with Crippen molar-refractivity contribution in [3.8, 4) is 5.75 Å². The van der Waals surface area contributed by atoms with Crippen LogP contribution in [-0.4, -0.2) is 26.2 Å². The Morgan fingerprint density at radius 2 is 1.44 bits per heavy atom. The van der Waals surface area contributed by atoms with Crippen LogP contribution in [0.5, 0.6) is 5.75 Å². The van der Waals surface area contributed by atoms with Gasteiger partial charge in [0.2, 0.25) is 10.0 Å². The summed E-state index contributed by atoms with van der Waals surface area (Å²) >= 11 is 0. The van der Waals surface area contributed by atoms with E-state index >= 15 is 0 Å². The lowest BCUT2D eigenvalue weighted by molar-refractivity contribution is 0.0734. The fourth-order valence-electron chi connectivity index (χ4n) is 2.07. The number of rotatable bonds is 6. The number of hydrogen-bond donors (Lipinski definition) is 1. The molecular weight excluding hydrogens is 342 g/mol. The molecule has 0 radical (unpaired) electrons. The Labute approximate surface area is 146 Å². The zero-order valence-electron chi connectivity index (χ0n) is 14.1. The van der Waals surface area contributed by atoms with Crippen molar-refractivity contribution in [3.63, 3.8) is 0 Å². The Kier molecular flexibility index (Phi) is 5.71. The van der Waals surface area contributed by atoms with Crippen LogP contribution in [0.15, 0.2) is 53.4 Å². The number of nitrogens with one attached hydrogen (secondary N) is 1. The standard InChI is InChI=1S/C18H19NO5S/c1-12(2)19-25(22,23)17-10-6-15(7-11-17)18(21)24-16-8-4-14(5-9-16)13(3)20/h4-12,19H,1-3H3. The van der Waals surface area contributed by atoms with Crippen molar-refractivity contribution < 1.29 is 22.7 Å². The summed E-state index contributed by atoms with van der Waals surface area (Å²) in [7, 11) is -3.61. The lowest BCUT2D eigenvalue weighted by atomic mass is 10.1. The predicted octanol–water partition coefficient (Wildman–Crippen LogP) is 2.80. The lowest BCUT2D eigenvalue weighted by Crippen LogP contribution is -2.30. The van der Waals surface area contributed by atoms with E-state index in [0.717, 1.165) is 0 Å². The normalized spacial score (nSPS) is 11.4. The van der Waals surface area contributed by atoms with Crippen LogP contribution in [0.1, 0.15) is 41.5 Å². The summed E-state index contributed by atoms with van der Waals surface area (Å²) < 4.78 is 31.8. The van der Waals surface area contributed by atoms with Gasteiger partial charge in [-0.25, -0.2) is 17.9 Å². The van der Waals surface area contributed by atoms with Gasteiger partial charge in [0, 0.05) is 11.6 Å². The number of hydrogen-bond acceptors (Lipinski definition) is 5. The highest BCUT2D eigenvalue weighted by atomic mass is 32.2. The summed E-state index contributed by atoms with van der Waals surface area (Å²) in [5.74, 6) is -0.394. The van der Waals surface area contributed by atoms with E-state index in [1.165, 1.54) is 43.3 Å². The average molecular weight is 361 g/mol. The van der Waals surface area contributed by atoms with Crippen LogP contribution in [0, 0.1) is 0 Å². The number of ketones is 1. The Balaban J connectivity index is 2.11. The Hall–Kier alpha value is -2.51. The van der Waals surface area contributed by atoms with E-state index in [1.807, 2.05) is 0 Å². The summed E-state index contributed by atoms with van der Waals surface area (Å²) in [5.41, 5.74) is 0.742. The van der Waals surface area contributed by atoms with Gasteiger partial charge in [0.25, 0.3) is 0 Å². The maximum atomic E-state index is 12.1. The summed E-state index contributed by atoms with van der Waals surface area (Å²) in [6.07, 6.45) is 0. The molecule has 1 N–H and O–H groups in total. The fourth-order valence-corrected chi connectivity index (χ4v) is 3.32. The molecule has 2 aromatic carbocycles. The minimum atomic E-state index is -3.61. The first kappa shape index (κ1) is 18.8. The molecule has 0 aliphatic heterocycles. The van der Waals surface area contributed by atoms with Crippen molar-refractivity contribution >= 4 is 21.8 Å². The van der Waals surface area contributed by atoms with Gasteiger partial charge in [-0.2, -0.15) is 0 Å². The molecule has 2 rings (SSSR count). The molecule has 0 bridgehead atoms. The van der Waals surface area contributed by atoms with E-state index in [1.54, 1.807) is 26.0 Å². The molecule has 6 nitrogen and oxygen atoms in total. The van der Waals surface area contributed by atoms with E-state index in [-0.39, 0.29) is 22.3 Å². The van der Waals surface area contributed by atoms with E-state index in [4.69, 9.17) is 4.74 Å². The number of benzene rings is 2. The molecule has 0 saturated carbocycles. The molecule has 25 heavy (non-hydrogen) atoms. The molecule has 0 aliphatic rings. The van der Waals surface area contributed by atoms with Gasteiger partial charge >= 0.3 is 5.97 Å². The second-order valence-corrected chi connectivity index (χ2v) is 7.48. The lowest BCUT2D eigenvalue weighted by Gasteiger charge is -2.10. The molecule has 0 saturated heterocycles. The van der Waals surface area contributed by atoms with Crippen molar-refractivity contribution in [2.45, 2.75) is 31.7 Å². The quantitative estimate of drug-likeness (QED) is 0.485. The number of carbonyl (C=O) groups excluding carboxylic acids is 2. The molecule has 0 aromatic heterocycles. The Morgan fingerprint density at radius 3 is 1.92 bits per heavy atom. The van der Waals surface area contributed by atoms with Gasteiger partial charge < -0.3 is 4.74 Å². The number of carbonyl (C=O) groups is 2. The van der Waals surface area contributed by atoms with Crippen molar-refractivity contribution in [1.82, 2.24) is 4.72 Å². The highest BCUT2D eigenvalue weighted by molar-refractivity contribution is 7.89. The number of Topliss-reactive ketones (excluding diaryl/α,β-unsaturated/α-hetero) is 1. The summed E-state index contributed by atoms with van der Waals surface area (Å²) in [4.78, 5) is 23.4. The summed E-state index contributed by atoms with van der Waals surface area (Å²) in [6.45, 7) is 4.89. The zero-order chi connectivity index (χ0) is 18.6. The molecule has 132 valence electrons. The summed E-state index contributed by atoms with van der Waals surface area (Å²) in [6, 6.07) is 11.4. The number of esters is 1. The maximum absolute atomic E-state index is 12.1. The van der Waals surface area contributed by atoms with Gasteiger partial charge in [-0.1, -0.05) is 0 Å². The topological polar surface area (TPSA) is 89.5 Å². The minimum Gasteiger partial charge on any atom is -0.423 e. The molecule has 0 atom stereocenters. The zero-order valence-corrected chi connectivity index (χ0v) is 15.0. The number of sulfonamides is 1. The molecule has 0 heterocycles. The third kappa shape index (κ3) is 4.98. The first-order valence-electron chi connectivity index (χ1n) is 7.64. The Bertz CT molecular complexity index is 869. The first-order chi connectivity index (χ1) is 11.7. The van der Waals surface area contributed by atoms with Gasteiger partial charge in [-0.15, -0.1) is 0 Å². The van der Waals surface area contributed by atoms with Crippen LogP contribution in [0.25, 0.3) is 0 Å². The van der Waals surface area contributed by atoms with E-state index < -0.39 is 16.0 Å². The number of ether oxygens (including phenoxy) is 1. The van der Waals surface area contributed by atoms with Crippen LogP contribution in [0.2, 0.25) is 0 Å². The molecular formula is C18H19NO5S. The van der Waals surface area contributed by atoms with Gasteiger partial charge in [0.15, 0.2) is 5.78 Å². The second kappa shape index (κ2) is 7.58. The molecule has 0 unspecified atom stereocenters. The smallest absolute Gasteiger partial charge is 0.343 e. The van der Waals surface area contributed by atoms with Crippen LogP contribution in [0.3, 0.4) is 0 Å². The third-order valence-corrected chi connectivity index (χ3v) is 4.94. The monoisotopic (exact) mass is 361 g/mol. The van der Waals surface area contributed by atoms with Gasteiger partial charge in [-0.05, 0) is 69.3 Å². The van der Waals surface area contributed by atoms with Gasteiger partial charge in [-0.3, -0.25) is 4.79 Å². The highest BCUT2D eigenvalue weighted by Gasteiger charge is 2.16. The SMILES string of the molecule is CC(=O)c1ccc(OC(=O)c2ccc(S(=O)(=O)NC(C)C)cc2)cc1. The fraction of sp³-hybridized carbons (Fsp3) is 0.222. The van der Waals surface area contributed by atoms with E-state index in [0.29, 0.717) is 11.3 Å². The van der Waals surface area contributed by atoms with Gasteiger partial charge in [0.05, 0.1) is 10.5 Å². The molecule has 0 aliphatic carbocycles. The summed E-state index contributed by atoms with van der Waals surface area (Å²) in [5, 5.41) is 0. The van der Waals surface area contributed by atoms with E-state index in [9.17, 15) is 18.0 Å². The van der Waals surface area contributed by atoms with Crippen molar-refractivity contribution in [2.75, 3.05) is 0 Å². The molecule has 7 heteroatoms. The largest absolute Gasteiger partial charge is 0.423 e. The average Bonchev–Trinajstić information content (AvgIpc) is 2.54. The Morgan fingerprint density at radius 1 is 0.920 bits per heavy atom. The third-order valence-electron chi connectivity index (χ3n) is 3.26. The molecule has 0 spiro atoms. The van der Waals surface area contributed by atoms with Crippen molar-refractivity contribution in [3.05, 3.63) is 59.7 Å². The molecule has 0 fully saturated rings. The van der Waals surface area contributed by atoms with Crippen LogP contribution >= 0.6 is 0 Å². The minimum absolute atomic E-state index is 0.0727. The van der Waals surface area contributed by atoms with Crippen LogP contribution < -0.4 is 9.46 Å². The van der Waals surface area contributed by atoms with Crippen molar-refractivity contribution in [1.29, 1.82) is 0 Å². The molecule has 2 aromatic rings. The predicted molar refractivity (Wildman–Crippen MR) is 93.3 cm³/mol. The molecule has 0 amide bonds. The van der Waals surface area contributed by atoms with E-state index in [2.05, 4.69) is 4.72 Å². The first-order valence-corrected chi connectivity index (χ1v) is 9.13. The van der Waals surface area contributed by atoms with Crippen LogP contribution in [0.4, 0.5) is 0 Å². The van der Waals surface area contributed by atoms with Gasteiger partial charge in [0.1, 0.15) is 5.75 Å². The van der Waals surface area contributed by atoms with Crippen LogP contribution in [-0.2, 0) is 10.0 Å².